The lowest BCUT2D eigenvalue weighted by atomic mass is 9.96. The van der Waals surface area contributed by atoms with Crippen LogP contribution >= 0.6 is 0 Å². The summed E-state index contributed by atoms with van der Waals surface area (Å²) in [7, 11) is 0. The van der Waals surface area contributed by atoms with Crippen LogP contribution in [0.25, 0.3) is 22.3 Å². The van der Waals surface area contributed by atoms with E-state index in [2.05, 4.69) is 4.74 Å². The molecule has 1 aliphatic rings. The molecule has 0 bridgehead atoms. The lowest BCUT2D eigenvalue weighted by Gasteiger charge is -2.14. The minimum absolute atomic E-state index is 0.196. The molecule has 2 aromatic heterocycles. The van der Waals surface area contributed by atoms with Gasteiger partial charge in [0.05, 0.1) is 29.6 Å². The Balaban J connectivity index is 1.96. The van der Waals surface area contributed by atoms with Crippen molar-refractivity contribution in [3.05, 3.63) is 56.9 Å². The van der Waals surface area contributed by atoms with E-state index in [0.717, 1.165) is 24.0 Å². The highest BCUT2D eigenvalue weighted by atomic mass is 19.4. The second-order valence-electron chi connectivity index (χ2n) is 7.93. The molecule has 0 aliphatic carbocycles. The zero-order valence-corrected chi connectivity index (χ0v) is 17.5. The molecule has 164 valence electrons. The van der Waals surface area contributed by atoms with Crippen LogP contribution in [0.5, 0.6) is 5.75 Å². The standard InChI is InChI=1S/C23H23F3N2O3/c1-4-5-6-15-17-9-14(31-23(24,25)26)7-8-19(17)27-21-18(15)11-28-20(21)10-16(13(3)29)12(2)22(28)30/h7-10,13,29H,4-6,11H2,1-3H3. The first-order valence-electron chi connectivity index (χ1n) is 10.2. The predicted octanol–water partition coefficient (Wildman–Crippen LogP) is 5.03. The van der Waals surface area contributed by atoms with Gasteiger partial charge in [-0.3, -0.25) is 4.79 Å². The van der Waals surface area contributed by atoms with Crippen LogP contribution in [0.2, 0.25) is 0 Å². The maximum absolute atomic E-state index is 13.0. The molecule has 31 heavy (non-hydrogen) atoms. The molecule has 3 aromatic rings. The van der Waals surface area contributed by atoms with Crippen molar-refractivity contribution in [3.63, 3.8) is 0 Å². The third-order valence-electron chi connectivity index (χ3n) is 5.78. The molecule has 3 heterocycles. The minimum atomic E-state index is -4.78. The van der Waals surface area contributed by atoms with E-state index in [1.165, 1.54) is 18.2 Å². The molecule has 0 amide bonds. The zero-order valence-electron chi connectivity index (χ0n) is 17.5. The van der Waals surface area contributed by atoms with E-state index in [1.807, 2.05) is 6.92 Å². The van der Waals surface area contributed by atoms with Crippen molar-refractivity contribution >= 4 is 10.9 Å². The Morgan fingerprint density at radius 1 is 1.29 bits per heavy atom. The quantitative estimate of drug-likeness (QED) is 0.481. The normalized spacial score (nSPS) is 13.9. The summed E-state index contributed by atoms with van der Waals surface area (Å²) in [5, 5.41) is 10.7. The van der Waals surface area contributed by atoms with Gasteiger partial charge in [-0.25, -0.2) is 4.98 Å². The first kappa shape index (κ1) is 21.4. The summed E-state index contributed by atoms with van der Waals surface area (Å²) in [6.45, 7) is 5.64. The molecular weight excluding hydrogens is 409 g/mol. The van der Waals surface area contributed by atoms with Crippen molar-refractivity contribution in [1.82, 2.24) is 9.55 Å². The van der Waals surface area contributed by atoms with E-state index in [-0.39, 0.29) is 11.3 Å². The number of fused-ring (bicyclic) bond motifs is 4. The van der Waals surface area contributed by atoms with Crippen LogP contribution in [-0.2, 0) is 13.0 Å². The number of hydrogen-bond donors (Lipinski definition) is 1. The number of rotatable bonds is 5. The lowest BCUT2D eigenvalue weighted by Crippen LogP contribution is -2.23. The third kappa shape index (κ3) is 3.80. The van der Waals surface area contributed by atoms with Crippen LogP contribution in [0.4, 0.5) is 13.2 Å². The maximum Gasteiger partial charge on any atom is 0.573 e. The van der Waals surface area contributed by atoms with Crippen molar-refractivity contribution in [3.8, 4) is 17.1 Å². The number of alkyl halides is 3. The third-order valence-corrected chi connectivity index (χ3v) is 5.78. The number of nitrogens with zero attached hydrogens (tertiary/aromatic N) is 2. The Hall–Kier alpha value is -2.87. The second-order valence-corrected chi connectivity index (χ2v) is 7.93. The van der Waals surface area contributed by atoms with E-state index < -0.39 is 12.5 Å². The van der Waals surface area contributed by atoms with Gasteiger partial charge in [0.1, 0.15) is 5.75 Å². The molecule has 1 atom stereocenters. The number of ether oxygens (including phenoxy) is 1. The van der Waals surface area contributed by atoms with Gasteiger partial charge in [-0.15, -0.1) is 13.2 Å². The zero-order chi connectivity index (χ0) is 22.5. The molecular formula is C23H23F3N2O3. The van der Waals surface area contributed by atoms with Crippen LogP contribution in [0.1, 0.15) is 55.0 Å². The number of aryl methyl sites for hydroxylation is 1. The van der Waals surface area contributed by atoms with E-state index in [4.69, 9.17) is 4.98 Å². The van der Waals surface area contributed by atoms with Crippen LogP contribution in [0, 0.1) is 6.92 Å². The Labute approximate surface area is 177 Å². The first-order valence-corrected chi connectivity index (χ1v) is 10.2. The summed E-state index contributed by atoms with van der Waals surface area (Å²) in [5.41, 5.74) is 4.36. The predicted molar refractivity (Wildman–Crippen MR) is 111 cm³/mol. The maximum atomic E-state index is 13.0. The number of pyridine rings is 2. The largest absolute Gasteiger partial charge is 0.573 e. The van der Waals surface area contributed by atoms with Crippen LogP contribution < -0.4 is 10.3 Å². The smallest absolute Gasteiger partial charge is 0.406 e. The molecule has 0 saturated carbocycles. The number of aliphatic hydroxyl groups excluding tert-OH is 1. The molecule has 0 spiro atoms. The highest BCUT2D eigenvalue weighted by molar-refractivity contribution is 5.89. The lowest BCUT2D eigenvalue weighted by molar-refractivity contribution is -0.274. The molecule has 0 saturated heterocycles. The van der Waals surface area contributed by atoms with Gasteiger partial charge in [0.25, 0.3) is 5.56 Å². The topological polar surface area (TPSA) is 64.3 Å². The van der Waals surface area contributed by atoms with Crippen molar-refractivity contribution in [2.24, 2.45) is 0 Å². The van der Waals surface area contributed by atoms with Crippen LogP contribution in [-0.4, -0.2) is 21.0 Å². The summed E-state index contributed by atoms with van der Waals surface area (Å²) in [4.78, 5) is 17.7. The van der Waals surface area contributed by atoms with Crippen molar-refractivity contribution in [1.29, 1.82) is 0 Å². The van der Waals surface area contributed by atoms with E-state index >= 15 is 0 Å². The van der Waals surface area contributed by atoms with Gasteiger partial charge in [0.15, 0.2) is 0 Å². The summed E-state index contributed by atoms with van der Waals surface area (Å²) in [6.07, 6.45) is -3.17. The number of aromatic nitrogens is 2. The van der Waals surface area contributed by atoms with Gasteiger partial charge < -0.3 is 14.4 Å². The number of benzene rings is 1. The summed E-state index contributed by atoms with van der Waals surface area (Å²) < 4.78 is 43.9. The Morgan fingerprint density at radius 3 is 2.68 bits per heavy atom. The minimum Gasteiger partial charge on any atom is -0.406 e. The fraction of sp³-hybridized carbons (Fsp3) is 0.391. The summed E-state index contributed by atoms with van der Waals surface area (Å²) in [6, 6.07) is 5.92. The molecule has 5 nitrogen and oxygen atoms in total. The first-order chi connectivity index (χ1) is 14.6. The molecule has 0 fully saturated rings. The molecule has 4 rings (SSSR count). The SMILES string of the molecule is CCCCc1c2c(nc3ccc(OC(F)(F)F)cc13)-c1cc(C(C)O)c(C)c(=O)n1C2. The Kier molecular flexibility index (Phi) is 5.29. The average molecular weight is 432 g/mol. The summed E-state index contributed by atoms with van der Waals surface area (Å²) >= 11 is 0. The molecule has 1 aromatic carbocycles. The van der Waals surface area contributed by atoms with E-state index in [1.54, 1.807) is 24.5 Å². The van der Waals surface area contributed by atoms with Gasteiger partial charge in [-0.05, 0) is 62.1 Å². The van der Waals surface area contributed by atoms with Crippen molar-refractivity contribution in [2.45, 2.75) is 59.0 Å². The van der Waals surface area contributed by atoms with Gasteiger partial charge in [-0.2, -0.15) is 0 Å². The average Bonchev–Trinajstić information content (AvgIpc) is 3.05. The molecule has 1 aliphatic heterocycles. The number of hydrogen-bond acceptors (Lipinski definition) is 4. The summed E-state index contributed by atoms with van der Waals surface area (Å²) in [5.74, 6) is -0.292. The van der Waals surface area contributed by atoms with E-state index in [9.17, 15) is 23.1 Å². The monoisotopic (exact) mass is 432 g/mol. The fourth-order valence-corrected chi connectivity index (χ4v) is 4.28. The number of aliphatic hydroxyl groups is 1. The number of halogens is 3. The van der Waals surface area contributed by atoms with E-state index in [0.29, 0.717) is 46.4 Å². The highest BCUT2D eigenvalue weighted by Crippen LogP contribution is 2.38. The van der Waals surface area contributed by atoms with Crippen LogP contribution in [0.3, 0.4) is 0 Å². The highest BCUT2D eigenvalue weighted by Gasteiger charge is 2.32. The van der Waals surface area contributed by atoms with Gasteiger partial charge in [0, 0.05) is 16.5 Å². The van der Waals surface area contributed by atoms with Gasteiger partial charge >= 0.3 is 6.36 Å². The fourth-order valence-electron chi connectivity index (χ4n) is 4.28. The van der Waals surface area contributed by atoms with Crippen LogP contribution in [0.15, 0.2) is 29.1 Å². The Bertz CT molecular complexity index is 1230. The van der Waals surface area contributed by atoms with Crippen molar-refractivity contribution < 1.29 is 23.0 Å². The molecule has 1 N–H and O–H groups in total. The molecule has 8 heteroatoms. The second kappa shape index (κ2) is 7.67. The van der Waals surface area contributed by atoms with Gasteiger partial charge in [-0.1, -0.05) is 13.3 Å². The van der Waals surface area contributed by atoms with Gasteiger partial charge in [0.2, 0.25) is 0 Å². The Morgan fingerprint density at radius 2 is 2.03 bits per heavy atom. The number of unbranched alkanes of at least 4 members (excludes halogenated alkanes) is 1. The van der Waals surface area contributed by atoms with Crippen molar-refractivity contribution in [2.75, 3.05) is 0 Å². The molecule has 1 unspecified atom stereocenters. The molecule has 0 radical (unpaired) electrons.